The highest BCUT2D eigenvalue weighted by Crippen LogP contribution is 2.51. The zero-order valence-corrected chi connectivity index (χ0v) is 12.5. The minimum Gasteiger partial charge on any atom is -0.481 e. The monoisotopic (exact) mass is 309 g/mol. The van der Waals surface area contributed by atoms with Gasteiger partial charge in [0, 0.05) is 11.1 Å². The lowest BCUT2D eigenvalue weighted by atomic mass is 10.1. The van der Waals surface area contributed by atoms with Gasteiger partial charge in [-0.25, -0.2) is 4.98 Å². The van der Waals surface area contributed by atoms with Crippen molar-refractivity contribution in [1.82, 2.24) is 4.98 Å². The Hall–Kier alpha value is -1.27. The molecule has 1 aliphatic carbocycles. The smallest absolute Gasteiger partial charge is 0.303 e. The Bertz CT molecular complexity index is 587. The number of carboxylic acids is 1. The maximum atomic E-state index is 10.8. The summed E-state index contributed by atoms with van der Waals surface area (Å²) in [6, 6.07) is 3.76. The van der Waals surface area contributed by atoms with E-state index in [9.17, 15) is 4.79 Å². The van der Waals surface area contributed by atoms with Gasteiger partial charge in [-0.15, -0.1) is 11.3 Å². The average molecular weight is 309 g/mol. The molecule has 0 atom stereocenters. The SMILES string of the molecule is O=C(O)CC1(CSCc2csc(-c3ccco3)n2)CC1. The van der Waals surface area contributed by atoms with Gasteiger partial charge in [0.1, 0.15) is 0 Å². The minimum atomic E-state index is -0.683. The number of carboxylic acid groups (broad SMARTS) is 1. The van der Waals surface area contributed by atoms with E-state index in [0.29, 0.717) is 6.42 Å². The summed E-state index contributed by atoms with van der Waals surface area (Å²) in [6.07, 6.45) is 4.03. The molecular weight excluding hydrogens is 294 g/mol. The van der Waals surface area contributed by atoms with Crippen molar-refractivity contribution < 1.29 is 14.3 Å². The Balaban J connectivity index is 1.51. The first-order valence-electron chi connectivity index (χ1n) is 6.45. The third kappa shape index (κ3) is 3.24. The van der Waals surface area contributed by atoms with Gasteiger partial charge in [-0.05, 0) is 36.1 Å². The molecule has 0 unspecified atom stereocenters. The van der Waals surface area contributed by atoms with Crippen LogP contribution in [-0.2, 0) is 10.5 Å². The maximum absolute atomic E-state index is 10.8. The normalized spacial score (nSPS) is 16.2. The van der Waals surface area contributed by atoms with E-state index in [2.05, 4.69) is 4.98 Å². The Kier molecular flexibility index (Phi) is 3.85. The number of rotatable bonds is 7. The van der Waals surface area contributed by atoms with Gasteiger partial charge in [-0.2, -0.15) is 11.8 Å². The summed E-state index contributed by atoms with van der Waals surface area (Å²) in [5.74, 6) is 1.86. The van der Waals surface area contributed by atoms with Gasteiger partial charge in [0.2, 0.25) is 0 Å². The largest absolute Gasteiger partial charge is 0.481 e. The molecule has 0 bridgehead atoms. The van der Waals surface area contributed by atoms with Crippen molar-refractivity contribution in [2.75, 3.05) is 5.75 Å². The van der Waals surface area contributed by atoms with Crippen molar-refractivity contribution >= 4 is 29.1 Å². The lowest BCUT2D eigenvalue weighted by molar-refractivity contribution is -0.138. The Morgan fingerprint density at radius 1 is 1.55 bits per heavy atom. The maximum Gasteiger partial charge on any atom is 0.303 e. The van der Waals surface area contributed by atoms with Crippen LogP contribution in [0.1, 0.15) is 25.0 Å². The van der Waals surface area contributed by atoms with Gasteiger partial charge in [0.15, 0.2) is 10.8 Å². The number of aromatic nitrogens is 1. The number of carbonyl (C=O) groups is 1. The molecule has 0 spiro atoms. The summed E-state index contributed by atoms with van der Waals surface area (Å²) >= 11 is 3.36. The van der Waals surface area contributed by atoms with E-state index in [1.807, 2.05) is 17.5 Å². The second-order valence-electron chi connectivity index (χ2n) is 5.18. The fourth-order valence-electron chi connectivity index (χ4n) is 2.13. The molecule has 0 amide bonds. The predicted molar refractivity (Wildman–Crippen MR) is 79.9 cm³/mol. The molecule has 1 aliphatic rings. The fourth-order valence-corrected chi connectivity index (χ4v) is 4.30. The molecule has 20 heavy (non-hydrogen) atoms. The molecule has 4 nitrogen and oxygen atoms in total. The molecule has 1 saturated carbocycles. The Morgan fingerprint density at radius 3 is 3.05 bits per heavy atom. The standard InChI is InChI=1S/C14H15NO3S2/c16-12(17)6-14(3-4-14)9-19-7-10-8-20-13(15-10)11-2-1-5-18-11/h1-2,5,8H,3-4,6-7,9H2,(H,16,17). The van der Waals surface area contributed by atoms with Crippen molar-refractivity contribution in [3.63, 3.8) is 0 Å². The summed E-state index contributed by atoms with van der Waals surface area (Å²) in [4.78, 5) is 15.3. The number of nitrogens with zero attached hydrogens (tertiary/aromatic N) is 1. The quantitative estimate of drug-likeness (QED) is 0.840. The molecule has 2 heterocycles. The third-order valence-electron chi connectivity index (χ3n) is 3.43. The molecule has 2 aromatic heterocycles. The topological polar surface area (TPSA) is 63.3 Å². The minimum absolute atomic E-state index is 0.0519. The molecule has 0 radical (unpaired) electrons. The molecule has 1 fully saturated rings. The number of hydrogen-bond acceptors (Lipinski definition) is 5. The molecule has 0 aliphatic heterocycles. The summed E-state index contributed by atoms with van der Waals surface area (Å²) < 4.78 is 5.32. The zero-order chi connectivity index (χ0) is 14.0. The first-order chi connectivity index (χ1) is 9.67. The van der Waals surface area contributed by atoms with Crippen LogP contribution in [0.3, 0.4) is 0 Å². The van der Waals surface area contributed by atoms with Gasteiger partial charge < -0.3 is 9.52 Å². The first kappa shape index (κ1) is 13.7. The van der Waals surface area contributed by atoms with Crippen LogP contribution in [0, 0.1) is 5.41 Å². The Labute approximate surface area is 125 Å². The number of thiazole rings is 1. The van der Waals surface area contributed by atoms with Crippen LogP contribution in [0.2, 0.25) is 0 Å². The summed E-state index contributed by atoms with van der Waals surface area (Å²) in [5, 5.41) is 11.8. The molecule has 2 aromatic rings. The van der Waals surface area contributed by atoms with Crippen molar-refractivity contribution in [1.29, 1.82) is 0 Å². The second kappa shape index (κ2) is 5.61. The summed E-state index contributed by atoms with van der Waals surface area (Å²) in [5.41, 5.74) is 1.09. The summed E-state index contributed by atoms with van der Waals surface area (Å²) in [6.45, 7) is 0. The molecule has 106 valence electrons. The van der Waals surface area contributed by atoms with Crippen molar-refractivity contribution in [2.45, 2.75) is 25.0 Å². The fraction of sp³-hybridized carbons (Fsp3) is 0.429. The molecule has 6 heteroatoms. The summed E-state index contributed by atoms with van der Waals surface area (Å²) in [7, 11) is 0. The van der Waals surface area contributed by atoms with Crippen LogP contribution in [0.4, 0.5) is 0 Å². The lowest BCUT2D eigenvalue weighted by Crippen LogP contribution is -2.11. The molecule has 0 aromatic carbocycles. The predicted octanol–water partition coefficient (Wildman–Crippen LogP) is 3.89. The van der Waals surface area contributed by atoms with Gasteiger partial charge in [-0.3, -0.25) is 4.79 Å². The number of aliphatic carboxylic acids is 1. The van der Waals surface area contributed by atoms with E-state index in [0.717, 1.165) is 40.8 Å². The van der Waals surface area contributed by atoms with Gasteiger partial charge >= 0.3 is 5.97 Å². The number of furan rings is 1. The average Bonchev–Trinajstić information content (AvgIpc) is 2.86. The Morgan fingerprint density at radius 2 is 2.40 bits per heavy atom. The van der Waals surface area contributed by atoms with E-state index in [-0.39, 0.29) is 5.41 Å². The zero-order valence-electron chi connectivity index (χ0n) is 10.9. The highest BCUT2D eigenvalue weighted by Gasteiger charge is 2.44. The van der Waals surface area contributed by atoms with Crippen molar-refractivity contribution in [3.8, 4) is 10.8 Å². The van der Waals surface area contributed by atoms with Gasteiger partial charge in [0.05, 0.1) is 18.4 Å². The third-order valence-corrected chi connectivity index (χ3v) is 5.65. The molecule has 3 rings (SSSR count). The van der Waals surface area contributed by atoms with Crippen LogP contribution in [0.15, 0.2) is 28.2 Å². The van der Waals surface area contributed by atoms with Crippen LogP contribution in [0.5, 0.6) is 0 Å². The van der Waals surface area contributed by atoms with E-state index < -0.39 is 5.97 Å². The highest BCUT2D eigenvalue weighted by atomic mass is 32.2. The second-order valence-corrected chi connectivity index (χ2v) is 7.03. The van der Waals surface area contributed by atoms with Gasteiger partial charge in [0.25, 0.3) is 0 Å². The first-order valence-corrected chi connectivity index (χ1v) is 8.48. The van der Waals surface area contributed by atoms with Crippen LogP contribution >= 0.6 is 23.1 Å². The van der Waals surface area contributed by atoms with Crippen LogP contribution in [0.25, 0.3) is 10.8 Å². The van der Waals surface area contributed by atoms with Crippen LogP contribution in [-0.4, -0.2) is 21.8 Å². The van der Waals surface area contributed by atoms with Gasteiger partial charge in [-0.1, -0.05) is 0 Å². The highest BCUT2D eigenvalue weighted by molar-refractivity contribution is 7.98. The van der Waals surface area contributed by atoms with Crippen LogP contribution < -0.4 is 0 Å². The van der Waals surface area contributed by atoms with E-state index in [1.165, 1.54) is 0 Å². The number of hydrogen-bond donors (Lipinski definition) is 1. The lowest BCUT2D eigenvalue weighted by Gasteiger charge is -2.10. The van der Waals surface area contributed by atoms with E-state index in [1.54, 1.807) is 29.4 Å². The van der Waals surface area contributed by atoms with E-state index in [4.69, 9.17) is 9.52 Å². The number of thioether (sulfide) groups is 1. The molecule has 1 N–H and O–H groups in total. The van der Waals surface area contributed by atoms with Crippen molar-refractivity contribution in [2.24, 2.45) is 5.41 Å². The van der Waals surface area contributed by atoms with E-state index >= 15 is 0 Å². The van der Waals surface area contributed by atoms with Crippen molar-refractivity contribution in [3.05, 3.63) is 29.5 Å². The molecule has 0 saturated heterocycles. The molecular formula is C14H15NO3S2.